The SMILES string of the molecule is COc1cccc(OC)c1[P@](c1ccccc1)N(C)[C@H](C)[C@@H](O)c1ccccc1.[B]. The minimum atomic E-state index is -1.00. The van der Waals surface area contributed by atoms with E-state index in [2.05, 4.69) is 30.8 Å². The van der Waals surface area contributed by atoms with Gasteiger partial charge in [-0.25, -0.2) is 0 Å². The summed E-state index contributed by atoms with van der Waals surface area (Å²) in [7, 11) is 4.41. The smallest absolute Gasteiger partial charge is 0.131 e. The number of rotatable bonds is 8. The summed E-state index contributed by atoms with van der Waals surface area (Å²) >= 11 is 0. The lowest BCUT2D eigenvalue weighted by Gasteiger charge is -2.37. The van der Waals surface area contributed by atoms with Crippen LogP contribution in [0.15, 0.2) is 78.9 Å². The van der Waals surface area contributed by atoms with Crippen LogP contribution in [0, 0.1) is 0 Å². The van der Waals surface area contributed by atoms with Gasteiger partial charge in [-0.1, -0.05) is 66.7 Å². The lowest BCUT2D eigenvalue weighted by Crippen LogP contribution is -2.36. The third kappa shape index (κ3) is 5.04. The lowest BCUT2D eigenvalue weighted by molar-refractivity contribution is 0.110. The molecule has 30 heavy (non-hydrogen) atoms. The average Bonchev–Trinajstić information content (AvgIpc) is 2.79. The molecule has 0 amide bonds. The second kappa shape index (κ2) is 11.2. The van der Waals surface area contributed by atoms with Crippen LogP contribution in [0.1, 0.15) is 18.6 Å². The van der Waals surface area contributed by atoms with Crippen molar-refractivity contribution in [2.45, 2.75) is 19.1 Å². The predicted octanol–water partition coefficient (Wildman–Crippen LogP) is 3.72. The van der Waals surface area contributed by atoms with E-state index in [9.17, 15) is 5.11 Å². The number of aliphatic hydroxyl groups excluding tert-OH is 1. The Balaban J connectivity index is 0.00000320. The summed E-state index contributed by atoms with van der Waals surface area (Å²) in [6.45, 7) is 2.05. The fraction of sp³-hybridized carbons (Fsp3) is 0.250. The van der Waals surface area contributed by atoms with Gasteiger partial charge in [-0.2, -0.15) is 0 Å². The fourth-order valence-electron chi connectivity index (χ4n) is 3.39. The first-order valence-corrected chi connectivity index (χ1v) is 10.9. The number of hydrogen-bond donors (Lipinski definition) is 1. The van der Waals surface area contributed by atoms with Crippen LogP contribution in [-0.4, -0.2) is 45.5 Å². The molecule has 0 aliphatic carbocycles. The van der Waals surface area contributed by atoms with Gasteiger partial charge in [0.1, 0.15) is 11.5 Å². The van der Waals surface area contributed by atoms with Crippen molar-refractivity contribution in [3.63, 3.8) is 0 Å². The van der Waals surface area contributed by atoms with E-state index < -0.39 is 14.2 Å². The highest BCUT2D eigenvalue weighted by Crippen LogP contribution is 2.46. The highest BCUT2D eigenvalue weighted by molar-refractivity contribution is 7.71. The molecule has 0 heterocycles. The van der Waals surface area contributed by atoms with Gasteiger partial charge in [0.25, 0.3) is 0 Å². The third-order valence-electron chi connectivity index (χ3n) is 5.12. The predicted molar refractivity (Wildman–Crippen MR) is 127 cm³/mol. The summed E-state index contributed by atoms with van der Waals surface area (Å²) in [6, 6.07) is 25.9. The number of benzene rings is 3. The van der Waals surface area contributed by atoms with E-state index in [1.165, 1.54) is 5.30 Å². The van der Waals surface area contributed by atoms with E-state index >= 15 is 0 Å². The Morgan fingerprint density at radius 1 is 0.800 bits per heavy atom. The van der Waals surface area contributed by atoms with Crippen LogP contribution in [0.3, 0.4) is 0 Å². The molecule has 3 radical (unpaired) electrons. The first-order valence-electron chi connectivity index (χ1n) is 9.60. The molecule has 0 aliphatic heterocycles. The fourth-order valence-corrected chi connectivity index (χ4v) is 6.03. The van der Waals surface area contributed by atoms with E-state index in [1.54, 1.807) is 14.2 Å². The maximum absolute atomic E-state index is 11.1. The quantitative estimate of drug-likeness (QED) is 0.446. The molecule has 0 aromatic heterocycles. The van der Waals surface area contributed by atoms with Crippen molar-refractivity contribution in [1.82, 2.24) is 4.67 Å². The van der Waals surface area contributed by atoms with Crippen molar-refractivity contribution in [1.29, 1.82) is 0 Å². The molecule has 3 rings (SSSR count). The summed E-state index contributed by atoms with van der Waals surface area (Å²) in [4.78, 5) is 0. The molecule has 0 saturated heterocycles. The molecule has 0 saturated carbocycles. The molecule has 3 aromatic carbocycles. The molecule has 1 N–H and O–H groups in total. The topological polar surface area (TPSA) is 41.9 Å². The molecule has 6 heteroatoms. The van der Waals surface area contributed by atoms with Crippen LogP contribution in [0.4, 0.5) is 0 Å². The zero-order valence-electron chi connectivity index (χ0n) is 17.9. The Morgan fingerprint density at radius 3 is 1.80 bits per heavy atom. The van der Waals surface area contributed by atoms with Crippen LogP contribution in [0.5, 0.6) is 11.5 Å². The Bertz CT molecular complexity index is 889. The van der Waals surface area contributed by atoms with E-state index in [0.717, 1.165) is 22.4 Å². The molecule has 0 spiro atoms. The molecule has 3 atom stereocenters. The number of likely N-dealkylation sites (N-methyl/N-ethyl adjacent to an activating group) is 1. The van der Waals surface area contributed by atoms with Gasteiger partial charge in [-0.3, -0.25) is 4.67 Å². The molecule has 3 aromatic rings. The van der Waals surface area contributed by atoms with Crippen molar-refractivity contribution in [3.05, 3.63) is 84.4 Å². The van der Waals surface area contributed by atoms with Gasteiger partial charge >= 0.3 is 0 Å². The van der Waals surface area contributed by atoms with E-state index in [-0.39, 0.29) is 14.5 Å². The summed E-state index contributed by atoms with van der Waals surface area (Å²) in [6.07, 6.45) is -0.615. The van der Waals surface area contributed by atoms with Crippen molar-refractivity contribution >= 4 is 27.1 Å². The number of aliphatic hydroxyl groups is 1. The average molecular weight is 420 g/mol. The van der Waals surface area contributed by atoms with Crippen LogP contribution in [0.2, 0.25) is 0 Å². The Labute approximate surface area is 182 Å². The van der Waals surface area contributed by atoms with Crippen LogP contribution >= 0.6 is 8.07 Å². The second-order valence-electron chi connectivity index (χ2n) is 6.83. The first-order chi connectivity index (χ1) is 14.1. The highest BCUT2D eigenvalue weighted by Gasteiger charge is 2.32. The minimum absolute atomic E-state index is 0. The summed E-state index contributed by atoms with van der Waals surface area (Å²) < 4.78 is 13.7. The Hall–Kier alpha value is -2.33. The minimum Gasteiger partial charge on any atom is -0.496 e. The van der Waals surface area contributed by atoms with E-state index in [0.29, 0.717) is 0 Å². The maximum atomic E-state index is 11.1. The van der Waals surface area contributed by atoms with Gasteiger partial charge < -0.3 is 14.6 Å². The maximum Gasteiger partial charge on any atom is 0.131 e. The van der Waals surface area contributed by atoms with Crippen molar-refractivity contribution in [3.8, 4) is 11.5 Å². The molecule has 0 bridgehead atoms. The molecular formula is C24H28BNO3P. The monoisotopic (exact) mass is 420 g/mol. The Kier molecular flexibility index (Phi) is 8.92. The number of nitrogens with zero attached hydrogens (tertiary/aromatic N) is 1. The molecule has 0 unspecified atom stereocenters. The largest absolute Gasteiger partial charge is 0.496 e. The second-order valence-corrected chi connectivity index (χ2v) is 9.05. The normalized spacial score (nSPS) is 13.8. The van der Waals surface area contributed by atoms with Gasteiger partial charge in [0.2, 0.25) is 0 Å². The van der Waals surface area contributed by atoms with Crippen molar-refractivity contribution in [2.75, 3.05) is 21.3 Å². The first kappa shape index (κ1) is 23.9. The van der Waals surface area contributed by atoms with Crippen LogP contribution < -0.4 is 20.1 Å². The van der Waals surface area contributed by atoms with Crippen LogP contribution in [0.25, 0.3) is 0 Å². The molecule has 4 nitrogen and oxygen atoms in total. The van der Waals surface area contributed by atoms with Gasteiger partial charge in [0, 0.05) is 22.5 Å². The van der Waals surface area contributed by atoms with Gasteiger partial charge in [-0.15, -0.1) is 0 Å². The van der Waals surface area contributed by atoms with Gasteiger partial charge in [-0.05, 0) is 37.0 Å². The number of hydrogen-bond acceptors (Lipinski definition) is 4. The molecular weight excluding hydrogens is 392 g/mol. The van der Waals surface area contributed by atoms with E-state index in [4.69, 9.17) is 9.47 Å². The van der Waals surface area contributed by atoms with E-state index in [1.807, 2.05) is 66.7 Å². The molecule has 155 valence electrons. The standard InChI is InChI=1S/C24H28NO3P.B/c1-18(23(26)19-12-7-5-8-13-19)25(2)29(20-14-9-6-10-15-20)24-21(27-3)16-11-17-22(24)28-4;/h5-18,23,26H,1-4H3;/t18-,23-,29+;/m1./s1. The van der Waals surface area contributed by atoms with Crippen molar-refractivity contribution < 1.29 is 14.6 Å². The van der Waals surface area contributed by atoms with Crippen LogP contribution in [-0.2, 0) is 0 Å². The zero-order chi connectivity index (χ0) is 20.8. The lowest BCUT2D eigenvalue weighted by atomic mass is 10.0. The summed E-state index contributed by atoms with van der Waals surface area (Å²) in [5.74, 6) is 1.57. The van der Waals surface area contributed by atoms with Gasteiger partial charge in [0.15, 0.2) is 0 Å². The molecule has 0 fully saturated rings. The summed E-state index contributed by atoms with van der Waals surface area (Å²) in [5.41, 5.74) is 0.904. The highest BCUT2D eigenvalue weighted by atomic mass is 31.1. The van der Waals surface area contributed by atoms with Gasteiger partial charge in [0.05, 0.1) is 25.6 Å². The third-order valence-corrected chi connectivity index (χ3v) is 7.76. The molecule has 0 aliphatic rings. The number of ether oxygens (including phenoxy) is 2. The number of methoxy groups -OCH3 is 2. The zero-order valence-corrected chi connectivity index (χ0v) is 18.8. The Morgan fingerprint density at radius 2 is 1.30 bits per heavy atom. The van der Waals surface area contributed by atoms with Crippen molar-refractivity contribution in [2.24, 2.45) is 0 Å². The summed E-state index contributed by atoms with van der Waals surface area (Å²) in [5, 5.41) is 13.2.